The van der Waals surface area contributed by atoms with Gasteiger partial charge in [-0.05, 0) is 55.4 Å². The van der Waals surface area contributed by atoms with Crippen LogP contribution in [0.15, 0.2) is 18.2 Å². The Balaban J connectivity index is 2.03. The normalized spacial score (nSPS) is 16.6. The van der Waals surface area contributed by atoms with Gasteiger partial charge in [0.15, 0.2) is 0 Å². The Morgan fingerprint density at radius 1 is 1.47 bits per heavy atom. The molecule has 0 aliphatic heterocycles. The van der Waals surface area contributed by atoms with E-state index in [1.54, 1.807) is 0 Å². The predicted octanol–water partition coefficient (Wildman–Crippen LogP) is 3.23. The zero-order chi connectivity index (χ0) is 12.5. The molecule has 0 bridgehead atoms. The van der Waals surface area contributed by atoms with Crippen molar-refractivity contribution in [2.24, 2.45) is 11.1 Å². The van der Waals surface area contributed by atoms with E-state index in [2.05, 4.69) is 24.4 Å². The van der Waals surface area contributed by atoms with Crippen LogP contribution in [0.3, 0.4) is 0 Å². The molecule has 17 heavy (non-hydrogen) atoms. The zero-order valence-corrected chi connectivity index (χ0v) is 11.4. The van der Waals surface area contributed by atoms with Crippen molar-refractivity contribution in [3.05, 3.63) is 29.3 Å². The molecule has 0 radical (unpaired) electrons. The van der Waals surface area contributed by atoms with E-state index >= 15 is 0 Å². The second kappa shape index (κ2) is 4.65. The summed E-state index contributed by atoms with van der Waals surface area (Å²) in [6, 6.07) is 6.19. The number of aryl methyl sites for hydroxylation is 1. The third kappa shape index (κ3) is 2.78. The molecule has 0 aromatic heterocycles. The lowest BCUT2D eigenvalue weighted by atomic mass is 10.0. The first-order valence-electron chi connectivity index (χ1n) is 6.21. The van der Waals surface area contributed by atoms with E-state index in [4.69, 9.17) is 18.0 Å². The highest BCUT2D eigenvalue weighted by Gasteiger charge is 2.40. The fourth-order valence-corrected chi connectivity index (χ4v) is 2.40. The number of hydrogen-bond donors (Lipinski definition) is 2. The van der Waals surface area contributed by atoms with Gasteiger partial charge in [-0.2, -0.15) is 0 Å². The average molecular weight is 248 g/mol. The summed E-state index contributed by atoms with van der Waals surface area (Å²) in [5, 5.41) is 3.52. The van der Waals surface area contributed by atoms with Gasteiger partial charge in [0.25, 0.3) is 0 Å². The first-order chi connectivity index (χ1) is 8.06. The number of thiocarbonyl (C=S) groups is 1. The summed E-state index contributed by atoms with van der Waals surface area (Å²) in [4.78, 5) is 0.473. The zero-order valence-electron chi connectivity index (χ0n) is 10.5. The van der Waals surface area contributed by atoms with E-state index in [-0.39, 0.29) is 0 Å². The monoisotopic (exact) mass is 248 g/mol. The van der Waals surface area contributed by atoms with E-state index in [0.717, 1.165) is 17.7 Å². The molecule has 1 aromatic rings. The fourth-order valence-electron chi connectivity index (χ4n) is 2.17. The van der Waals surface area contributed by atoms with E-state index in [1.807, 2.05) is 13.0 Å². The van der Waals surface area contributed by atoms with Gasteiger partial charge in [0.1, 0.15) is 4.99 Å². The summed E-state index contributed by atoms with van der Waals surface area (Å²) in [5.41, 5.74) is 9.50. The Hall–Kier alpha value is -1.09. The molecule has 2 rings (SSSR count). The standard InChI is InChI=1S/C14H20N2S/c1-3-14(6-7-14)9-16-11-4-5-12(13(15)17)10(2)8-11/h4-5,8,16H,3,6-7,9H2,1-2H3,(H2,15,17). The van der Waals surface area contributed by atoms with E-state index in [9.17, 15) is 0 Å². The molecule has 3 N–H and O–H groups in total. The largest absolute Gasteiger partial charge is 0.389 e. The third-order valence-electron chi connectivity index (χ3n) is 3.87. The van der Waals surface area contributed by atoms with Crippen molar-refractivity contribution in [2.45, 2.75) is 33.1 Å². The first kappa shape index (κ1) is 12.4. The second-order valence-electron chi connectivity index (χ2n) is 5.10. The highest BCUT2D eigenvalue weighted by molar-refractivity contribution is 7.80. The van der Waals surface area contributed by atoms with Gasteiger partial charge in [-0.3, -0.25) is 0 Å². The Bertz CT molecular complexity index is 436. The van der Waals surface area contributed by atoms with Gasteiger partial charge in [0.05, 0.1) is 0 Å². The van der Waals surface area contributed by atoms with Crippen molar-refractivity contribution in [2.75, 3.05) is 11.9 Å². The van der Waals surface area contributed by atoms with Crippen LogP contribution in [0, 0.1) is 12.3 Å². The van der Waals surface area contributed by atoms with Gasteiger partial charge < -0.3 is 11.1 Å². The van der Waals surface area contributed by atoms with E-state index in [1.165, 1.54) is 24.9 Å². The van der Waals surface area contributed by atoms with Crippen LogP contribution in [0.1, 0.15) is 37.3 Å². The molecule has 92 valence electrons. The molecule has 1 saturated carbocycles. The highest BCUT2D eigenvalue weighted by atomic mass is 32.1. The quantitative estimate of drug-likeness (QED) is 0.786. The number of rotatable bonds is 5. The third-order valence-corrected chi connectivity index (χ3v) is 4.09. The van der Waals surface area contributed by atoms with Gasteiger partial charge in [-0.1, -0.05) is 19.1 Å². The van der Waals surface area contributed by atoms with Crippen molar-refractivity contribution < 1.29 is 0 Å². The van der Waals surface area contributed by atoms with Crippen LogP contribution in [0.25, 0.3) is 0 Å². The summed E-state index contributed by atoms with van der Waals surface area (Å²) in [7, 11) is 0. The average Bonchev–Trinajstić information content (AvgIpc) is 3.07. The van der Waals surface area contributed by atoms with Crippen molar-refractivity contribution in [1.29, 1.82) is 0 Å². The summed E-state index contributed by atoms with van der Waals surface area (Å²) in [6.45, 7) is 5.40. The predicted molar refractivity (Wildman–Crippen MR) is 77.5 cm³/mol. The number of benzene rings is 1. The Kier molecular flexibility index (Phi) is 3.38. The topological polar surface area (TPSA) is 38.0 Å². The minimum Gasteiger partial charge on any atom is -0.389 e. The smallest absolute Gasteiger partial charge is 0.104 e. The Morgan fingerprint density at radius 3 is 2.65 bits per heavy atom. The maximum absolute atomic E-state index is 5.65. The molecule has 0 unspecified atom stereocenters. The molecular formula is C14H20N2S. The molecule has 0 heterocycles. The minimum atomic E-state index is 0.473. The molecule has 3 heteroatoms. The van der Waals surface area contributed by atoms with E-state index < -0.39 is 0 Å². The lowest BCUT2D eigenvalue weighted by Gasteiger charge is -2.15. The van der Waals surface area contributed by atoms with Crippen molar-refractivity contribution in [3.8, 4) is 0 Å². The first-order valence-corrected chi connectivity index (χ1v) is 6.61. The van der Waals surface area contributed by atoms with Crippen LogP contribution in [0.2, 0.25) is 0 Å². The van der Waals surface area contributed by atoms with Gasteiger partial charge in [-0.15, -0.1) is 0 Å². The number of hydrogen-bond acceptors (Lipinski definition) is 2. The summed E-state index contributed by atoms with van der Waals surface area (Å²) >= 11 is 5.00. The lowest BCUT2D eigenvalue weighted by molar-refractivity contribution is 0.521. The Labute approximate surface area is 109 Å². The molecule has 0 atom stereocenters. The van der Waals surface area contributed by atoms with Crippen LogP contribution in [0.4, 0.5) is 5.69 Å². The van der Waals surface area contributed by atoms with Crippen LogP contribution >= 0.6 is 12.2 Å². The highest BCUT2D eigenvalue weighted by Crippen LogP contribution is 2.48. The molecule has 1 aliphatic carbocycles. The van der Waals surface area contributed by atoms with Gasteiger partial charge in [0, 0.05) is 17.8 Å². The van der Waals surface area contributed by atoms with Crippen LogP contribution < -0.4 is 11.1 Å². The van der Waals surface area contributed by atoms with Crippen molar-refractivity contribution in [3.63, 3.8) is 0 Å². The maximum atomic E-state index is 5.65. The Morgan fingerprint density at radius 2 is 2.18 bits per heavy atom. The molecule has 1 aliphatic rings. The number of anilines is 1. The molecule has 0 amide bonds. The summed E-state index contributed by atoms with van der Waals surface area (Å²) in [6.07, 6.45) is 3.99. The molecular weight excluding hydrogens is 228 g/mol. The SMILES string of the molecule is CCC1(CNc2ccc(C(N)=S)c(C)c2)CC1. The van der Waals surface area contributed by atoms with Gasteiger partial charge in [-0.25, -0.2) is 0 Å². The second-order valence-corrected chi connectivity index (χ2v) is 5.54. The molecule has 1 fully saturated rings. The molecule has 0 spiro atoms. The van der Waals surface area contributed by atoms with Crippen LogP contribution in [-0.4, -0.2) is 11.5 Å². The summed E-state index contributed by atoms with van der Waals surface area (Å²) in [5.74, 6) is 0. The molecule has 0 saturated heterocycles. The summed E-state index contributed by atoms with van der Waals surface area (Å²) < 4.78 is 0. The fraction of sp³-hybridized carbons (Fsp3) is 0.500. The maximum Gasteiger partial charge on any atom is 0.104 e. The van der Waals surface area contributed by atoms with Gasteiger partial charge >= 0.3 is 0 Å². The van der Waals surface area contributed by atoms with E-state index in [0.29, 0.717) is 10.4 Å². The van der Waals surface area contributed by atoms with Crippen molar-refractivity contribution in [1.82, 2.24) is 0 Å². The van der Waals surface area contributed by atoms with Gasteiger partial charge in [0.2, 0.25) is 0 Å². The van der Waals surface area contributed by atoms with Crippen LogP contribution in [0.5, 0.6) is 0 Å². The molecule has 1 aromatic carbocycles. The molecule has 2 nitrogen and oxygen atoms in total. The minimum absolute atomic E-state index is 0.473. The lowest BCUT2D eigenvalue weighted by Crippen LogP contribution is -2.15. The number of nitrogens with one attached hydrogen (secondary N) is 1. The number of nitrogens with two attached hydrogens (primary N) is 1. The van der Waals surface area contributed by atoms with Crippen molar-refractivity contribution >= 4 is 22.9 Å². The van der Waals surface area contributed by atoms with Crippen LogP contribution in [-0.2, 0) is 0 Å².